The van der Waals surface area contributed by atoms with Crippen LogP contribution < -0.4 is 4.74 Å². The molecule has 3 rings (SSSR count). The van der Waals surface area contributed by atoms with Crippen molar-refractivity contribution in [1.29, 1.82) is 0 Å². The van der Waals surface area contributed by atoms with Gasteiger partial charge in [-0.2, -0.15) is 0 Å². The van der Waals surface area contributed by atoms with E-state index in [1.54, 1.807) is 19.1 Å². The number of halogens is 1. The number of hydrogen-bond donors (Lipinski definition) is 0. The third-order valence-electron chi connectivity index (χ3n) is 3.20. The average molecular weight is 341 g/mol. The summed E-state index contributed by atoms with van der Waals surface area (Å²) in [6.45, 7) is 3.05. The minimum absolute atomic E-state index is 0.0863. The first-order chi connectivity index (χ1) is 10.7. The maximum Gasteiger partial charge on any atom is 0.349 e. The predicted octanol–water partition coefficient (Wildman–Crippen LogP) is 3.32. The molecule has 116 valence electrons. The lowest BCUT2D eigenvalue weighted by atomic mass is 10.1. The summed E-state index contributed by atoms with van der Waals surface area (Å²) in [5, 5.41) is 0.757. The SMILES string of the molecule is CCOC(=O)c1sc2ccc(OCC3CO3)c(C=O)c2c1Cl. The van der Waals surface area contributed by atoms with Gasteiger partial charge in [-0.25, -0.2) is 4.79 Å². The van der Waals surface area contributed by atoms with E-state index in [1.165, 1.54) is 11.3 Å². The van der Waals surface area contributed by atoms with Gasteiger partial charge in [0.1, 0.15) is 23.3 Å². The molecular weight excluding hydrogens is 328 g/mol. The van der Waals surface area contributed by atoms with Crippen LogP contribution in [0.1, 0.15) is 27.0 Å². The maximum atomic E-state index is 11.9. The molecular formula is C15H13ClO5S. The minimum Gasteiger partial charge on any atom is -0.490 e. The third kappa shape index (κ3) is 2.82. The lowest BCUT2D eigenvalue weighted by molar-refractivity contribution is 0.0532. The fourth-order valence-corrected chi connectivity index (χ4v) is 3.53. The average Bonchev–Trinajstić information content (AvgIpc) is 3.28. The fraction of sp³-hybridized carbons (Fsp3) is 0.333. The number of epoxide rings is 1. The Labute approximate surface area is 135 Å². The largest absolute Gasteiger partial charge is 0.490 e. The summed E-state index contributed by atoms with van der Waals surface area (Å²) in [7, 11) is 0. The molecule has 5 nitrogen and oxygen atoms in total. The van der Waals surface area contributed by atoms with E-state index in [9.17, 15) is 9.59 Å². The zero-order valence-corrected chi connectivity index (χ0v) is 13.3. The molecule has 0 spiro atoms. The standard InChI is InChI=1S/C15H13ClO5S/c1-2-19-15(18)14-13(16)12-9(5-17)10(3-4-11(12)22-14)21-7-8-6-20-8/h3-5,8H,2,6-7H2,1H3. The summed E-state index contributed by atoms with van der Waals surface area (Å²) in [4.78, 5) is 23.7. The Kier molecular flexibility index (Phi) is 4.33. The van der Waals surface area contributed by atoms with Gasteiger partial charge < -0.3 is 14.2 Å². The molecule has 0 saturated carbocycles. The Morgan fingerprint density at radius 2 is 2.32 bits per heavy atom. The van der Waals surface area contributed by atoms with Gasteiger partial charge in [0.05, 0.1) is 23.8 Å². The van der Waals surface area contributed by atoms with Gasteiger partial charge in [-0.05, 0) is 19.1 Å². The Balaban J connectivity index is 2.03. The van der Waals surface area contributed by atoms with Crippen LogP contribution in [-0.4, -0.2) is 38.2 Å². The molecule has 1 aromatic heterocycles. The summed E-state index contributed by atoms with van der Waals surface area (Å²) in [6, 6.07) is 3.49. The Bertz CT molecular complexity index is 735. The van der Waals surface area contributed by atoms with Gasteiger partial charge in [0, 0.05) is 10.1 Å². The third-order valence-corrected chi connectivity index (χ3v) is 4.83. The van der Waals surface area contributed by atoms with Gasteiger partial charge >= 0.3 is 5.97 Å². The number of rotatable bonds is 6. The number of hydrogen-bond acceptors (Lipinski definition) is 6. The van der Waals surface area contributed by atoms with Gasteiger partial charge in [-0.3, -0.25) is 4.79 Å². The topological polar surface area (TPSA) is 65.1 Å². The van der Waals surface area contributed by atoms with Crippen molar-refractivity contribution in [2.45, 2.75) is 13.0 Å². The number of esters is 1. The van der Waals surface area contributed by atoms with Crippen LogP contribution in [0.15, 0.2) is 12.1 Å². The van der Waals surface area contributed by atoms with Crippen molar-refractivity contribution in [2.75, 3.05) is 19.8 Å². The van der Waals surface area contributed by atoms with E-state index in [0.29, 0.717) is 41.1 Å². The van der Waals surface area contributed by atoms with E-state index in [1.807, 2.05) is 0 Å². The summed E-state index contributed by atoms with van der Waals surface area (Å²) < 4.78 is 16.4. The molecule has 2 heterocycles. The van der Waals surface area contributed by atoms with Gasteiger partial charge in [0.15, 0.2) is 6.29 Å². The molecule has 1 aliphatic heterocycles. The summed E-state index contributed by atoms with van der Waals surface area (Å²) >= 11 is 7.49. The highest BCUT2D eigenvalue weighted by atomic mass is 35.5. The lowest BCUT2D eigenvalue weighted by Gasteiger charge is -2.08. The molecule has 22 heavy (non-hydrogen) atoms. The van der Waals surface area contributed by atoms with Crippen LogP contribution in [0.4, 0.5) is 0 Å². The number of fused-ring (bicyclic) bond motifs is 1. The van der Waals surface area contributed by atoms with Crippen molar-refractivity contribution in [2.24, 2.45) is 0 Å². The second kappa shape index (κ2) is 6.24. The van der Waals surface area contributed by atoms with E-state index in [0.717, 1.165) is 4.70 Å². The van der Waals surface area contributed by atoms with Crippen molar-refractivity contribution in [3.8, 4) is 5.75 Å². The van der Waals surface area contributed by atoms with E-state index in [-0.39, 0.29) is 17.7 Å². The number of aldehydes is 1. The van der Waals surface area contributed by atoms with Crippen molar-refractivity contribution in [3.63, 3.8) is 0 Å². The molecule has 0 bridgehead atoms. The van der Waals surface area contributed by atoms with E-state index >= 15 is 0 Å². The molecule has 2 aromatic rings. The molecule has 1 unspecified atom stereocenters. The van der Waals surface area contributed by atoms with E-state index < -0.39 is 5.97 Å². The maximum absolute atomic E-state index is 11.9. The summed E-state index contributed by atoms with van der Waals surface area (Å²) in [5.41, 5.74) is 0.343. The van der Waals surface area contributed by atoms with Gasteiger partial charge in [-0.15, -0.1) is 11.3 Å². The number of carbonyl (C=O) groups excluding carboxylic acids is 2. The summed E-state index contributed by atoms with van der Waals surface area (Å²) in [5.74, 6) is -0.0486. The van der Waals surface area contributed by atoms with Gasteiger partial charge in [0.25, 0.3) is 0 Å². The Morgan fingerprint density at radius 1 is 1.55 bits per heavy atom. The van der Waals surface area contributed by atoms with Crippen molar-refractivity contribution in [1.82, 2.24) is 0 Å². The normalized spacial score (nSPS) is 16.5. The quantitative estimate of drug-likeness (QED) is 0.458. The molecule has 1 aromatic carbocycles. The first-order valence-corrected chi connectivity index (χ1v) is 7.96. The molecule has 1 fully saturated rings. The second-order valence-electron chi connectivity index (χ2n) is 4.70. The Hall–Kier alpha value is -1.63. The number of thiophene rings is 1. The minimum atomic E-state index is -0.487. The predicted molar refractivity (Wildman–Crippen MR) is 83.4 cm³/mol. The first kappa shape index (κ1) is 15.3. The van der Waals surface area contributed by atoms with Crippen molar-refractivity contribution >= 4 is 45.3 Å². The van der Waals surface area contributed by atoms with Crippen LogP contribution in [0.25, 0.3) is 10.1 Å². The van der Waals surface area contributed by atoms with Crippen molar-refractivity contribution in [3.05, 3.63) is 27.6 Å². The van der Waals surface area contributed by atoms with Crippen LogP contribution in [0.3, 0.4) is 0 Å². The second-order valence-corrected chi connectivity index (χ2v) is 6.13. The molecule has 0 amide bonds. The van der Waals surface area contributed by atoms with Crippen LogP contribution in [-0.2, 0) is 9.47 Å². The highest BCUT2D eigenvalue weighted by Gasteiger charge is 2.25. The van der Waals surface area contributed by atoms with Crippen LogP contribution in [0, 0.1) is 0 Å². The fourth-order valence-electron chi connectivity index (χ4n) is 2.08. The zero-order chi connectivity index (χ0) is 15.7. The number of carbonyl (C=O) groups is 2. The molecule has 0 radical (unpaired) electrons. The van der Waals surface area contributed by atoms with Gasteiger partial charge in [0.2, 0.25) is 0 Å². The molecule has 1 atom stereocenters. The van der Waals surface area contributed by atoms with Crippen LogP contribution in [0.5, 0.6) is 5.75 Å². The Morgan fingerprint density at radius 3 is 2.95 bits per heavy atom. The molecule has 1 aliphatic rings. The van der Waals surface area contributed by atoms with Crippen LogP contribution in [0.2, 0.25) is 5.02 Å². The van der Waals surface area contributed by atoms with Crippen LogP contribution >= 0.6 is 22.9 Å². The lowest BCUT2D eigenvalue weighted by Crippen LogP contribution is -2.06. The highest BCUT2D eigenvalue weighted by molar-refractivity contribution is 7.21. The monoisotopic (exact) mass is 340 g/mol. The molecule has 0 N–H and O–H groups in total. The number of ether oxygens (including phenoxy) is 3. The van der Waals surface area contributed by atoms with Gasteiger partial charge in [-0.1, -0.05) is 11.6 Å². The molecule has 0 aliphatic carbocycles. The zero-order valence-electron chi connectivity index (χ0n) is 11.8. The first-order valence-electron chi connectivity index (χ1n) is 6.77. The molecule has 1 saturated heterocycles. The number of benzene rings is 1. The summed E-state index contributed by atoms with van der Waals surface area (Å²) in [6.07, 6.45) is 0.780. The highest BCUT2D eigenvalue weighted by Crippen LogP contribution is 2.40. The van der Waals surface area contributed by atoms with E-state index in [2.05, 4.69) is 0 Å². The smallest absolute Gasteiger partial charge is 0.349 e. The molecule has 7 heteroatoms. The van der Waals surface area contributed by atoms with Crippen molar-refractivity contribution < 1.29 is 23.8 Å². The van der Waals surface area contributed by atoms with E-state index in [4.69, 9.17) is 25.8 Å².